The van der Waals surface area contributed by atoms with Crippen molar-refractivity contribution in [2.45, 2.75) is 12.5 Å². The van der Waals surface area contributed by atoms with Gasteiger partial charge >= 0.3 is 0 Å². The molecule has 0 bridgehead atoms. The van der Waals surface area contributed by atoms with Crippen LogP contribution in [0.4, 0.5) is 15.8 Å². The highest BCUT2D eigenvalue weighted by atomic mass is 35.5. The molecule has 164 valence electrons. The van der Waals surface area contributed by atoms with E-state index in [1.54, 1.807) is 19.2 Å². The minimum atomic E-state index is -0.281. The summed E-state index contributed by atoms with van der Waals surface area (Å²) in [7, 11) is 1.54. The second-order valence-corrected chi connectivity index (χ2v) is 8.34. The highest BCUT2D eigenvalue weighted by Gasteiger charge is 2.30. The van der Waals surface area contributed by atoms with Gasteiger partial charge in [0.05, 0.1) is 25.4 Å². The van der Waals surface area contributed by atoms with E-state index in [0.29, 0.717) is 28.7 Å². The Labute approximate surface area is 193 Å². The van der Waals surface area contributed by atoms with Gasteiger partial charge in [-0.05, 0) is 41.8 Å². The quantitative estimate of drug-likeness (QED) is 0.421. The van der Waals surface area contributed by atoms with E-state index in [0.717, 1.165) is 31.6 Å². The highest BCUT2D eigenvalue weighted by Crippen LogP contribution is 2.34. The number of hydrogen-bond acceptors (Lipinski definition) is 3. The summed E-state index contributed by atoms with van der Waals surface area (Å²) >= 11 is 6.11. The van der Waals surface area contributed by atoms with Gasteiger partial charge in [0.15, 0.2) is 5.69 Å². The predicted octanol–water partition coefficient (Wildman–Crippen LogP) is 6.14. The molecule has 0 aromatic heterocycles. The largest absolute Gasteiger partial charge is 0.497 e. The van der Waals surface area contributed by atoms with Crippen molar-refractivity contribution in [2.24, 2.45) is 0 Å². The monoisotopic (exact) mass is 449 g/mol. The SMILES string of the molecule is [C-]#[N+]c1ccc(CCN2CCN(c3ccc(OC)cc3F)C(c3ccc(Cl)cc3)C2)cc1. The van der Waals surface area contributed by atoms with E-state index >= 15 is 0 Å². The van der Waals surface area contributed by atoms with Crippen LogP contribution in [0.1, 0.15) is 17.2 Å². The van der Waals surface area contributed by atoms with Gasteiger partial charge < -0.3 is 9.64 Å². The number of piperazine rings is 1. The van der Waals surface area contributed by atoms with Gasteiger partial charge in [-0.1, -0.05) is 48.0 Å². The van der Waals surface area contributed by atoms with Crippen molar-refractivity contribution in [1.29, 1.82) is 0 Å². The number of methoxy groups -OCH3 is 1. The summed E-state index contributed by atoms with van der Waals surface area (Å²) < 4.78 is 20.1. The van der Waals surface area contributed by atoms with E-state index in [9.17, 15) is 4.39 Å². The molecule has 0 spiro atoms. The first-order valence-electron chi connectivity index (χ1n) is 10.6. The first-order chi connectivity index (χ1) is 15.6. The zero-order valence-corrected chi connectivity index (χ0v) is 18.7. The number of benzene rings is 3. The Kier molecular flexibility index (Phi) is 6.94. The molecule has 3 aromatic carbocycles. The third-order valence-corrected chi connectivity index (χ3v) is 6.22. The zero-order chi connectivity index (χ0) is 22.5. The fourth-order valence-corrected chi connectivity index (χ4v) is 4.30. The van der Waals surface area contributed by atoms with Gasteiger partial charge in [0, 0.05) is 37.3 Å². The van der Waals surface area contributed by atoms with Crippen LogP contribution in [0.3, 0.4) is 0 Å². The van der Waals surface area contributed by atoms with E-state index in [2.05, 4.69) is 14.6 Å². The number of hydrogen-bond donors (Lipinski definition) is 0. The molecule has 0 radical (unpaired) electrons. The molecule has 1 heterocycles. The second-order valence-electron chi connectivity index (χ2n) is 7.91. The van der Waals surface area contributed by atoms with Crippen molar-refractivity contribution in [3.8, 4) is 5.75 Å². The van der Waals surface area contributed by atoms with Gasteiger partial charge in [-0.2, -0.15) is 0 Å². The van der Waals surface area contributed by atoms with Gasteiger partial charge in [-0.15, -0.1) is 0 Å². The zero-order valence-electron chi connectivity index (χ0n) is 18.0. The third kappa shape index (κ3) is 5.04. The average Bonchev–Trinajstić information content (AvgIpc) is 2.83. The van der Waals surface area contributed by atoms with Crippen molar-refractivity contribution in [3.63, 3.8) is 0 Å². The van der Waals surface area contributed by atoms with E-state index in [1.165, 1.54) is 11.6 Å². The second kappa shape index (κ2) is 10.0. The molecule has 1 aliphatic heterocycles. The Morgan fingerprint density at radius 1 is 1.06 bits per heavy atom. The summed E-state index contributed by atoms with van der Waals surface area (Å²) in [5.74, 6) is 0.230. The smallest absolute Gasteiger partial charge is 0.187 e. The van der Waals surface area contributed by atoms with Crippen LogP contribution < -0.4 is 9.64 Å². The molecule has 4 rings (SSSR count). The highest BCUT2D eigenvalue weighted by molar-refractivity contribution is 6.30. The van der Waals surface area contributed by atoms with Crippen molar-refractivity contribution in [3.05, 3.63) is 100 Å². The third-order valence-electron chi connectivity index (χ3n) is 5.97. The molecule has 0 aliphatic carbocycles. The molecule has 3 aromatic rings. The summed E-state index contributed by atoms with van der Waals surface area (Å²) in [6, 6.07) is 20.6. The van der Waals surface area contributed by atoms with Crippen molar-refractivity contribution in [1.82, 2.24) is 4.90 Å². The molecule has 1 aliphatic rings. The molecule has 0 saturated carbocycles. The summed E-state index contributed by atoms with van der Waals surface area (Å²) in [4.78, 5) is 8.01. The minimum absolute atomic E-state index is 0.00778. The summed E-state index contributed by atoms with van der Waals surface area (Å²) in [6.45, 7) is 10.3. The Bertz CT molecular complexity index is 1100. The Morgan fingerprint density at radius 3 is 2.47 bits per heavy atom. The number of ether oxygens (including phenoxy) is 1. The van der Waals surface area contributed by atoms with Crippen LogP contribution in [0.2, 0.25) is 5.02 Å². The van der Waals surface area contributed by atoms with Gasteiger partial charge in [-0.25, -0.2) is 9.24 Å². The molecule has 1 saturated heterocycles. The fraction of sp³-hybridized carbons (Fsp3) is 0.269. The van der Waals surface area contributed by atoms with Crippen LogP contribution in [0.15, 0.2) is 66.7 Å². The van der Waals surface area contributed by atoms with Gasteiger partial charge in [0.25, 0.3) is 0 Å². The van der Waals surface area contributed by atoms with Crippen LogP contribution in [0, 0.1) is 12.4 Å². The van der Waals surface area contributed by atoms with Gasteiger partial charge in [0.1, 0.15) is 11.6 Å². The molecule has 4 nitrogen and oxygen atoms in total. The topological polar surface area (TPSA) is 20.1 Å². The molecular formula is C26H25ClFN3O. The molecule has 1 unspecified atom stereocenters. The number of anilines is 1. The Hall–Kier alpha value is -3.07. The number of nitrogens with zero attached hydrogens (tertiary/aromatic N) is 3. The molecular weight excluding hydrogens is 425 g/mol. The maximum atomic E-state index is 14.9. The summed E-state index contributed by atoms with van der Waals surface area (Å²) in [5, 5.41) is 0.687. The average molecular weight is 450 g/mol. The van der Waals surface area contributed by atoms with E-state index in [1.807, 2.05) is 48.5 Å². The molecule has 32 heavy (non-hydrogen) atoms. The predicted molar refractivity (Wildman–Crippen MR) is 127 cm³/mol. The van der Waals surface area contributed by atoms with Crippen molar-refractivity contribution < 1.29 is 9.13 Å². The molecule has 1 fully saturated rings. The fourth-order valence-electron chi connectivity index (χ4n) is 4.17. The van der Waals surface area contributed by atoms with Gasteiger partial charge in [-0.3, -0.25) is 4.90 Å². The summed E-state index contributed by atoms with van der Waals surface area (Å²) in [6.07, 6.45) is 0.905. The number of rotatable bonds is 6. The van der Waals surface area contributed by atoms with E-state index < -0.39 is 0 Å². The van der Waals surface area contributed by atoms with Crippen molar-refractivity contribution in [2.75, 3.05) is 38.2 Å². The van der Waals surface area contributed by atoms with Crippen LogP contribution in [0.5, 0.6) is 5.75 Å². The lowest BCUT2D eigenvalue weighted by Gasteiger charge is -2.43. The lowest BCUT2D eigenvalue weighted by Crippen LogP contribution is -2.49. The van der Waals surface area contributed by atoms with Crippen LogP contribution in [-0.4, -0.2) is 38.2 Å². The summed E-state index contributed by atoms with van der Waals surface area (Å²) in [5.41, 5.74) is 3.56. The molecule has 0 N–H and O–H groups in total. The first kappa shape index (κ1) is 22.1. The molecule has 0 amide bonds. The molecule has 6 heteroatoms. The minimum Gasteiger partial charge on any atom is -0.497 e. The Balaban J connectivity index is 1.53. The first-order valence-corrected chi connectivity index (χ1v) is 11.0. The van der Waals surface area contributed by atoms with Crippen LogP contribution in [0.25, 0.3) is 4.85 Å². The normalized spacial score (nSPS) is 16.6. The van der Waals surface area contributed by atoms with E-state index in [-0.39, 0.29) is 11.9 Å². The lowest BCUT2D eigenvalue weighted by atomic mass is 10.0. The van der Waals surface area contributed by atoms with Gasteiger partial charge in [0.2, 0.25) is 0 Å². The van der Waals surface area contributed by atoms with Crippen LogP contribution in [-0.2, 0) is 6.42 Å². The van der Waals surface area contributed by atoms with Crippen molar-refractivity contribution >= 4 is 23.0 Å². The maximum absolute atomic E-state index is 14.9. The van der Waals surface area contributed by atoms with Crippen LogP contribution >= 0.6 is 11.6 Å². The Morgan fingerprint density at radius 2 is 1.81 bits per heavy atom. The standard InChI is InChI=1S/C26H25ClFN3O/c1-29-22-9-3-19(4-10-22)13-14-30-15-16-31(25-12-11-23(32-2)17-24(25)28)26(18-30)20-5-7-21(27)8-6-20/h3-12,17,26H,13-16,18H2,2H3. The molecule has 1 atom stereocenters. The number of halogens is 2. The lowest BCUT2D eigenvalue weighted by molar-refractivity contribution is 0.225. The maximum Gasteiger partial charge on any atom is 0.187 e. The van der Waals surface area contributed by atoms with E-state index in [4.69, 9.17) is 22.9 Å².